The van der Waals surface area contributed by atoms with E-state index in [1.165, 1.54) is 17.7 Å². The quantitative estimate of drug-likeness (QED) is 0.610. The first kappa shape index (κ1) is 16.6. The monoisotopic (exact) mass is 304 g/mol. The highest BCUT2D eigenvalue weighted by atomic mass is 32.2. The molecule has 2 unspecified atom stereocenters. The van der Waals surface area contributed by atoms with Gasteiger partial charge in [0.25, 0.3) is 0 Å². The van der Waals surface area contributed by atoms with Crippen LogP contribution in [0, 0.1) is 0 Å². The highest BCUT2D eigenvalue weighted by Gasteiger charge is 2.34. The van der Waals surface area contributed by atoms with Gasteiger partial charge in [0.15, 0.2) is 0 Å². The van der Waals surface area contributed by atoms with Crippen molar-refractivity contribution in [3.8, 4) is 0 Å². The van der Waals surface area contributed by atoms with E-state index in [2.05, 4.69) is 61.0 Å². The smallest absolute Gasteiger partial charge is 0.0473 e. The number of rotatable bonds is 7. The predicted octanol–water partition coefficient (Wildman–Crippen LogP) is 3.72. The molecular weight excluding hydrogens is 276 g/mol. The maximum absolute atomic E-state index is 3.80. The summed E-state index contributed by atoms with van der Waals surface area (Å²) in [5.74, 6) is 2.22. The second-order valence-electron chi connectivity index (χ2n) is 6.06. The van der Waals surface area contributed by atoms with Gasteiger partial charge >= 0.3 is 0 Å². The molecule has 0 aliphatic carbocycles. The van der Waals surface area contributed by atoms with Crippen molar-refractivity contribution in [1.82, 2.24) is 10.2 Å². The molecule has 0 bridgehead atoms. The minimum atomic E-state index is 0.244. The van der Waals surface area contributed by atoms with Crippen LogP contribution in [0.25, 0.3) is 0 Å². The molecule has 1 fully saturated rings. The zero-order valence-corrected chi connectivity index (χ0v) is 14.2. The van der Waals surface area contributed by atoms with Crippen molar-refractivity contribution in [1.29, 1.82) is 0 Å². The normalized spacial score (nSPS) is 26.7. The van der Waals surface area contributed by atoms with Crippen LogP contribution in [0.2, 0.25) is 0 Å². The van der Waals surface area contributed by atoms with E-state index in [1.807, 2.05) is 17.8 Å². The van der Waals surface area contributed by atoms with Gasteiger partial charge in [-0.2, -0.15) is 11.8 Å². The lowest BCUT2D eigenvalue weighted by Gasteiger charge is -2.46. The molecule has 2 rings (SSSR count). The number of thioether (sulfide) groups is 1. The first-order valence-corrected chi connectivity index (χ1v) is 9.06. The predicted molar refractivity (Wildman–Crippen MR) is 95.0 cm³/mol. The number of hydrogen-bond donors (Lipinski definition) is 1. The molecule has 116 valence electrons. The van der Waals surface area contributed by atoms with E-state index >= 15 is 0 Å². The molecule has 0 amide bonds. The van der Waals surface area contributed by atoms with Crippen molar-refractivity contribution in [2.45, 2.75) is 31.8 Å². The van der Waals surface area contributed by atoms with Gasteiger partial charge in [0.2, 0.25) is 0 Å². The van der Waals surface area contributed by atoms with Gasteiger partial charge < -0.3 is 5.32 Å². The van der Waals surface area contributed by atoms with Crippen LogP contribution in [0.15, 0.2) is 43.0 Å². The first-order valence-electron chi connectivity index (χ1n) is 7.91. The maximum atomic E-state index is 3.80. The molecule has 1 aliphatic heterocycles. The molecule has 0 aromatic heterocycles. The summed E-state index contributed by atoms with van der Waals surface area (Å²) in [6.07, 6.45) is 3.16. The van der Waals surface area contributed by atoms with Crippen LogP contribution in [-0.4, -0.2) is 41.6 Å². The van der Waals surface area contributed by atoms with Gasteiger partial charge in [-0.1, -0.05) is 43.3 Å². The Hall–Kier alpha value is -0.770. The average molecular weight is 305 g/mol. The molecule has 2 atom stereocenters. The van der Waals surface area contributed by atoms with Crippen molar-refractivity contribution in [3.63, 3.8) is 0 Å². The Labute approximate surface area is 134 Å². The molecule has 0 spiro atoms. The largest absolute Gasteiger partial charge is 0.308 e. The Bertz CT molecular complexity index is 434. The molecule has 1 aromatic rings. The van der Waals surface area contributed by atoms with Gasteiger partial charge in [-0.15, -0.1) is 6.58 Å². The third-order valence-electron chi connectivity index (χ3n) is 4.44. The molecule has 1 aromatic carbocycles. The molecule has 1 saturated heterocycles. The molecule has 1 aliphatic rings. The second kappa shape index (κ2) is 8.02. The summed E-state index contributed by atoms with van der Waals surface area (Å²) in [5.41, 5.74) is 1.67. The Morgan fingerprint density at radius 2 is 2.19 bits per heavy atom. The SMILES string of the molecule is C=CCSCCN1CC(C)(CC)NCC1c1ccccc1. The van der Waals surface area contributed by atoms with Crippen LogP contribution in [0.4, 0.5) is 0 Å². The highest BCUT2D eigenvalue weighted by molar-refractivity contribution is 7.99. The van der Waals surface area contributed by atoms with Crippen LogP contribution in [0.5, 0.6) is 0 Å². The van der Waals surface area contributed by atoms with Gasteiger partial charge in [-0.3, -0.25) is 4.90 Å². The zero-order chi connectivity index (χ0) is 15.1. The van der Waals surface area contributed by atoms with Crippen LogP contribution in [0.1, 0.15) is 31.9 Å². The summed E-state index contributed by atoms with van der Waals surface area (Å²) >= 11 is 1.97. The lowest BCUT2D eigenvalue weighted by molar-refractivity contribution is 0.0905. The van der Waals surface area contributed by atoms with Crippen molar-refractivity contribution in [2.75, 3.05) is 31.1 Å². The number of nitrogens with zero attached hydrogens (tertiary/aromatic N) is 1. The molecule has 0 saturated carbocycles. The molecule has 1 N–H and O–H groups in total. The third kappa shape index (κ3) is 4.60. The number of nitrogens with one attached hydrogen (secondary N) is 1. The molecule has 2 nitrogen and oxygen atoms in total. The molecular formula is C18H28N2S. The minimum Gasteiger partial charge on any atom is -0.308 e. The Kier molecular flexibility index (Phi) is 6.34. The molecule has 0 radical (unpaired) electrons. The van der Waals surface area contributed by atoms with Crippen molar-refractivity contribution >= 4 is 11.8 Å². The minimum absolute atomic E-state index is 0.244. The summed E-state index contributed by atoms with van der Waals surface area (Å²) < 4.78 is 0. The molecule has 21 heavy (non-hydrogen) atoms. The lowest BCUT2D eigenvalue weighted by atomic mass is 9.91. The van der Waals surface area contributed by atoms with E-state index in [9.17, 15) is 0 Å². The number of hydrogen-bond acceptors (Lipinski definition) is 3. The van der Waals surface area contributed by atoms with Crippen LogP contribution >= 0.6 is 11.8 Å². The zero-order valence-electron chi connectivity index (χ0n) is 13.3. The Morgan fingerprint density at radius 3 is 2.86 bits per heavy atom. The topological polar surface area (TPSA) is 15.3 Å². The Morgan fingerprint density at radius 1 is 1.43 bits per heavy atom. The van der Waals surface area contributed by atoms with Crippen LogP contribution in [-0.2, 0) is 0 Å². The summed E-state index contributed by atoms with van der Waals surface area (Å²) in [6, 6.07) is 11.4. The summed E-state index contributed by atoms with van der Waals surface area (Å²) in [6.45, 7) is 11.7. The van der Waals surface area contributed by atoms with E-state index in [1.54, 1.807) is 0 Å². The molecule has 3 heteroatoms. The second-order valence-corrected chi connectivity index (χ2v) is 7.21. The van der Waals surface area contributed by atoms with Crippen LogP contribution in [0.3, 0.4) is 0 Å². The summed E-state index contributed by atoms with van der Waals surface area (Å²) in [7, 11) is 0. The summed E-state index contributed by atoms with van der Waals surface area (Å²) in [5, 5.41) is 3.76. The van der Waals surface area contributed by atoms with E-state index in [0.29, 0.717) is 6.04 Å². The van der Waals surface area contributed by atoms with Gasteiger partial charge in [-0.25, -0.2) is 0 Å². The fourth-order valence-electron chi connectivity index (χ4n) is 2.91. The summed E-state index contributed by atoms with van der Waals surface area (Å²) in [4.78, 5) is 2.66. The van der Waals surface area contributed by atoms with Gasteiger partial charge in [0.05, 0.1) is 0 Å². The molecule has 1 heterocycles. The van der Waals surface area contributed by atoms with Gasteiger partial charge in [-0.05, 0) is 18.9 Å². The van der Waals surface area contributed by atoms with Crippen molar-refractivity contribution in [2.24, 2.45) is 0 Å². The number of benzene rings is 1. The lowest BCUT2D eigenvalue weighted by Crippen LogP contribution is -2.59. The van der Waals surface area contributed by atoms with Gasteiger partial charge in [0.1, 0.15) is 0 Å². The fraction of sp³-hybridized carbons (Fsp3) is 0.556. The Balaban J connectivity index is 2.05. The number of piperazine rings is 1. The van der Waals surface area contributed by atoms with E-state index in [4.69, 9.17) is 0 Å². The fourth-order valence-corrected chi connectivity index (χ4v) is 3.61. The average Bonchev–Trinajstić information content (AvgIpc) is 2.53. The standard InChI is InChI=1S/C18H28N2S/c1-4-12-21-13-11-20-15-18(3,5-2)19-14-17(20)16-9-7-6-8-10-16/h4,6-10,17,19H,1,5,11-15H2,2-3H3. The third-order valence-corrected chi connectivity index (χ3v) is 5.38. The maximum Gasteiger partial charge on any atom is 0.0473 e. The van der Waals surface area contributed by atoms with Crippen LogP contribution < -0.4 is 5.32 Å². The highest BCUT2D eigenvalue weighted by Crippen LogP contribution is 2.28. The van der Waals surface area contributed by atoms with Crippen molar-refractivity contribution < 1.29 is 0 Å². The van der Waals surface area contributed by atoms with E-state index in [-0.39, 0.29) is 5.54 Å². The van der Waals surface area contributed by atoms with E-state index < -0.39 is 0 Å². The van der Waals surface area contributed by atoms with Gasteiger partial charge in [0, 0.05) is 42.7 Å². The van der Waals surface area contributed by atoms with Crippen molar-refractivity contribution in [3.05, 3.63) is 48.6 Å². The van der Waals surface area contributed by atoms with E-state index in [0.717, 1.165) is 25.4 Å². The first-order chi connectivity index (χ1) is 10.2.